The molecule has 2 rings (SSSR count). The minimum atomic E-state index is -1.46. The summed E-state index contributed by atoms with van der Waals surface area (Å²) in [6.07, 6.45) is 4.34. The van der Waals surface area contributed by atoms with Crippen molar-refractivity contribution in [1.29, 1.82) is 0 Å². The van der Waals surface area contributed by atoms with Gasteiger partial charge in [-0.25, -0.2) is 0 Å². The molecule has 0 heterocycles. The summed E-state index contributed by atoms with van der Waals surface area (Å²) in [5.74, 6) is 8.07. The van der Waals surface area contributed by atoms with Crippen LogP contribution in [0.5, 0.6) is 0 Å². The molecule has 0 N–H and O–H groups in total. The highest BCUT2D eigenvalue weighted by Crippen LogP contribution is 2.27. The second-order valence-electron chi connectivity index (χ2n) is 5.63. The van der Waals surface area contributed by atoms with Crippen LogP contribution in [0, 0.1) is 17.8 Å². The second kappa shape index (κ2) is 5.45. The maximum absolute atomic E-state index is 6.01. The molecule has 1 aromatic carbocycles. The molecule has 2 heteroatoms. The largest absolute Gasteiger partial charge is 0.548 e. The molecular weight excluding hydrogens is 236 g/mol. The minimum Gasteiger partial charge on any atom is -0.548 e. The van der Waals surface area contributed by atoms with Crippen molar-refractivity contribution in [2.24, 2.45) is 5.92 Å². The average molecular weight is 256 g/mol. The SMILES string of the molecule is C[Si](C)(C)OC1=CC(C#Cc2ccccc2)CC1. The molecule has 1 atom stereocenters. The number of allylic oxidation sites excluding steroid dienone is 2. The van der Waals surface area contributed by atoms with E-state index in [1.807, 2.05) is 30.3 Å². The topological polar surface area (TPSA) is 9.23 Å². The zero-order valence-electron chi connectivity index (χ0n) is 11.4. The maximum Gasteiger partial charge on any atom is 0.241 e. The summed E-state index contributed by atoms with van der Waals surface area (Å²) in [5.41, 5.74) is 1.09. The van der Waals surface area contributed by atoms with Crippen LogP contribution >= 0.6 is 0 Å². The molecule has 0 bridgehead atoms. The third-order valence-corrected chi connectivity index (χ3v) is 3.58. The maximum atomic E-state index is 6.01. The molecule has 0 saturated carbocycles. The van der Waals surface area contributed by atoms with Crippen LogP contribution in [-0.2, 0) is 4.43 Å². The van der Waals surface area contributed by atoms with Gasteiger partial charge in [-0.15, -0.1) is 0 Å². The first-order chi connectivity index (χ1) is 8.53. The standard InChI is InChI=1S/C16H20OSi/c1-18(2,3)17-16-12-11-15(13-16)10-9-14-7-5-4-6-8-14/h4-8,13,15H,11-12H2,1-3H3. The zero-order valence-corrected chi connectivity index (χ0v) is 12.4. The van der Waals surface area contributed by atoms with Crippen molar-refractivity contribution >= 4 is 8.32 Å². The van der Waals surface area contributed by atoms with Crippen molar-refractivity contribution < 1.29 is 4.43 Å². The van der Waals surface area contributed by atoms with Crippen LogP contribution in [-0.4, -0.2) is 8.32 Å². The van der Waals surface area contributed by atoms with Crippen LogP contribution < -0.4 is 0 Å². The number of hydrogen-bond acceptors (Lipinski definition) is 1. The molecule has 0 aliphatic heterocycles. The van der Waals surface area contributed by atoms with Gasteiger partial charge in [-0.05, 0) is 44.3 Å². The van der Waals surface area contributed by atoms with Gasteiger partial charge in [-0.1, -0.05) is 30.0 Å². The molecule has 0 radical (unpaired) electrons. The van der Waals surface area contributed by atoms with Gasteiger partial charge in [0.25, 0.3) is 0 Å². The Labute approximate surface area is 111 Å². The summed E-state index contributed by atoms with van der Waals surface area (Å²) in [6, 6.07) is 10.2. The van der Waals surface area contributed by atoms with Gasteiger partial charge in [-0.3, -0.25) is 0 Å². The van der Waals surface area contributed by atoms with E-state index in [4.69, 9.17) is 4.43 Å². The first-order valence-corrected chi connectivity index (χ1v) is 9.90. The number of benzene rings is 1. The average Bonchev–Trinajstić information content (AvgIpc) is 2.73. The second-order valence-corrected chi connectivity index (χ2v) is 10.1. The van der Waals surface area contributed by atoms with Crippen LogP contribution in [0.15, 0.2) is 42.2 Å². The minimum absolute atomic E-state index is 0.358. The van der Waals surface area contributed by atoms with Crippen molar-refractivity contribution in [3.8, 4) is 11.8 Å². The summed E-state index contributed by atoms with van der Waals surface area (Å²) in [6.45, 7) is 6.66. The molecule has 1 aliphatic carbocycles. The van der Waals surface area contributed by atoms with Crippen LogP contribution in [0.2, 0.25) is 19.6 Å². The Balaban J connectivity index is 1.99. The molecule has 1 aliphatic rings. The lowest BCUT2D eigenvalue weighted by molar-refractivity contribution is 0.408. The van der Waals surface area contributed by atoms with E-state index >= 15 is 0 Å². The molecule has 1 nitrogen and oxygen atoms in total. The van der Waals surface area contributed by atoms with Gasteiger partial charge < -0.3 is 4.43 Å². The van der Waals surface area contributed by atoms with Gasteiger partial charge in [0.2, 0.25) is 8.32 Å². The summed E-state index contributed by atoms with van der Waals surface area (Å²) in [4.78, 5) is 0. The molecule has 0 spiro atoms. The van der Waals surface area contributed by atoms with Crippen LogP contribution in [0.3, 0.4) is 0 Å². The highest BCUT2D eigenvalue weighted by atomic mass is 28.4. The number of rotatable bonds is 2. The van der Waals surface area contributed by atoms with E-state index in [9.17, 15) is 0 Å². The van der Waals surface area contributed by atoms with E-state index in [0.29, 0.717) is 5.92 Å². The Morgan fingerprint density at radius 2 is 1.89 bits per heavy atom. The Bertz CT molecular complexity index is 485. The van der Waals surface area contributed by atoms with Gasteiger partial charge in [0.15, 0.2) is 0 Å². The molecule has 0 saturated heterocycles. The van der Waals surface area contributed by atoms with Gasteiger partial charge in [0.1, 0.15) is 0 Å². The molecule has 18 heavy (non-hydrogen) atoms. The van der Waals surface area contributed by atoms with Crippen molar-refractivity contribution in [3.63, 3.8) is 0 Å². The van der Waals surface area contributed by atoms with Gasteiger partial charge >= 0.3 is 0 Å². The summed E-state index contributed by atoms with van der Waals surface area (Å²) in [5, 5.41) is 0. The molecule has 1 unspecified atom stereocenters. The number of hydrogen-bond donors (Lipinski definition) is 0. The monoisotopic (exact) mass is 256 g/mol. The van der Waals surface area contributed by atoms with Crippen molar-refractivity contribution in [2.45, 2.75) is 32.5 Å². The lowest BCUT2D eigenvalue weighted by Crippen LogP contribution is -2.24. The van der Waals surface area contributed by atoms with E-state index in [-0.39, 0.29) is 0 Å². The molecular formula is C16H20OSi. The Hall–Kier alpha value is -1.46. The van der Waals surface area contributed by atoms with E-state index in [2.05, 4.69) is 37.6 Å². The third kappa shape index (κ3) is 4.08. The van der Waals surface area contributed by atoms with Gasteiger partial charge in [-0.2, -0.15) is 0 Å². The highest BCUT2D eigenvalue weighted by Gasteiger charge is 2.22. The van der Waals surface area contributed by atoms with Crippen LogP contribution in [0.1, 0.15) is 18.4 Å². The van der Waals surface area contributed by atoms with Gasteiger partial charge in [0, 0.05) is 17.9 Å². The normalized spacial score (nSPS) is 18.8. The van der Waals surface area contributed by atoms with E-state index in [1.165, 1.54) is 0 Å². The van der Waals surface area contributed by atoms with Gasteiger partial charge in [0.05, 0.1) is 5.76 Å². The third-order valence-electron chi connectivity index (χ3n) is 2.70. The quantitative estimate of drug-likeness (QED) is 0.569. The fourth-order valence-corrected chi connectivity index (χ4v) is 2.94. The first kappa shape index (κ1) is 13.0. The van der Waals surface area contributed by atoms with Crippen LogP contribution in [0.4, 0.5) is 0 Å². The Morgan fingerprint density at radius 1 is 1.17 bits per heavy atom. The van der Waals surface area contributed by atoms with E-state index < -0.39 is 8.32 Å². The van der Waals surface area contributed by atoms with E-state index in [1.54, 1.807) is 0 Å². The first-order valence-electron chi connectivity index (χ1n) is 6.49. The molecule has 1 aromatic rings. The van der Waals surface area contributed by atoms with Crippen molar-refractivity contribution in [2.75, 3.05) is 0 Å². The lowest BCUT2D eigenvalue weighted by Gasteiger charge is -2.19. The molecule has 0 aromatic heterocycles. The predicted octanol–water partition coefficient (Wildman–Crippen LogP) is 4.18. The van der Waals surface area contributed by atoms with E-state index in [0.717, 1.165) is 24.2 Å². The fourth-order valence-electron chi connectivity index (χ4n) is 1.98. The molecule has 0 fully saturated rings. The Kier molecular flexibility index (Phi) is 3.93. The smallest absolute Gasteiger partial charge is 0.241 e. The molecule has 94 valence electrons. The highest BCUT2D eigenvalue weighted by molar-refractivity contribution is 6.70. The molecule has 0 amide bonds. The zero-order chi connectivity index (χ0) is 13.0. The lowest BCUT2D eigenvalue weighted by atomic mass is 10.1. The fraction of sp³-hybridized carbons (Fsp3) is 0.375. The van der Waals surface area contributed by atoms with Crippen LogP contribution in [0.25, 0.3) is 0 Å². The summed E-state index contributed by atoms with van der Waals surface area (Å²) < 4.78 is 6.01. The predicted molar refractivity (Wildman–Crippen MR) is 78.6 cm³/mol. The van der Waals surface area contributed by atoms with Crippen molar-refractivity contribution in [1.82, 2.24) is 0 Å². The van der Waals surface area contributed by atoms with Crippen molar-refractivity contribution in [3.05, 3.63) is 47.7 Å². The summed E-state index contributed by atoms with van der Waals surface area (Å²) >= 11 is 0. The Morgan fingerprint density at radius 3 is 2.56 bits per heavy atom. The summed E-state index contributed by atoms with van der Waals surface area (Å²) in [7, 11) is -1.46.